The van der Waals surface area contributed by atoms with Crippen molar-refractivity contribution in [3.63, 3.8) is 0 Å². The van der Waals surface area contributed by atoms with Crippen LogP contribution in [-0.4, -0.2) is 50.8 Å². The lowest BCUT2D eigenvalue weighted by molar-refractivity contribution is -0.131. The molecule has 1 aliphatic heterocycles. The van der Waals surface area contributed by atoms with Crippen LogP contribution in [0.1, 0.15) is 56.3 Å². The monoisotopic (exact) mass is 413 g/mol. The van der Waals surface area contributed by atoms with Crippen LogP contribution < -0.4 is 10.0 Å². The molecule has 1 aliphatic rings. The molecule has 0 aliphatic carbocycles. The van der Waals surface area contributed by atoms with Crippen molar-refractivity contribution in [3.05, 3.63) is 29.6 Å². The van der Waals surface area contributed by atoms with Crippen LogP contribution in [0.25, 0.3) is 0 Å². The third kappa shape index (κ3) is 6.27. The maximum atomic E-state index is 14.0. The SMILES string of the molecule is CC(C)NS(=O)(=O)c1ccc(F)c(C(=O)NCCC(=O)N2CCCCCC2)c1. The Morgan fingerprint density at radius 1 is 1.14 bits per heavy atom. The lowest BCUT2D eigenvalue weighted by atomic mass is 10.2. The van der Waals surface area contributed by atoms with Crippen molar-refractivity contribution < 1.29 is 22.4 Å². The van der Waals surface area contributed by atoms with E-state index in [0.29, 0.717) is 0 Å². The van der Waals surface area contributed by atoms with E-state index in [4.69, 9.17) is 0 Å². The summed E-state index contributed by atoms with van der Waals surface area (Å²) in [6, 6.07) is 2.73. The zero-order valence-electron chi connectivity index (χ0n) is 16.3. The Morgan fingerprint density at radius 3 is 2.39 bits per heavy atom. The van der Waals surface area contributed by atoms with E-state index in [1.807, 2.05) is 0 Å². The molecule has 0 atom stereocenters. The number of carbonyl (C=O) groups excluding carboxylic acids is 2. The zero-order chi connectivity index (χ0) is 20.7. The second-order valence-electron chi connectivity index (χ2n) is 7.22. The van der Waals surface area contributed by atoms with Gasteiger partial charge in [-0.25, -0.2) is 17.5 Å². The van der Waals surface area contributed by atoms with Gasteiger partial charge in [0.15, 0.2) is 0 Å². The first-order chi connectivity index (χ1) is 13.2. The maximum Gasteiger partial charge on any atom is 0.254 e. The second kappa shape index (κ2) is 9.97. The molecule has 9 heteroatoms. The average molecular weight is 414 g/mol. The van der Waals surface area contributed by atoms with Crippen LogP contribution in [0, 0.1) is 5.82 Å². The normalized spacial score (nSPS) is 15.4. The molecule has 0 unspecified atom stereocenters. The molecule has 28 heavy (non-hydrogen) atoms. The Labute approximate surface area is 165 Å². The van der Waals surface area contributed by atoms with E-state index >= 15 is 0 Å². The Hall–Kier alpha value is -2.00. The Balaban J connectivity index is 1.98. The van der Waals surface area contributed by atoms with Gasteiger partial charge in [0.1, 0.15) is 5.82 Å². The summed E-state index contributed by atoms with van der Waals surface area (Å²) in [6.45, 7) is 4.84. The number of likely N-dealkylation sites (tertiary alicyclic amines) is 1. The number of hydrogen-bond donors (Lipinski definition) is 2. The largest absolute Gasteiger partial charge is 0.351 e. The van der Waals surface area contributed by atoms with Crippen molar-refractivity contribution in [3.8, 4) is 0 Å². The number of carbonyl (C=O) groups is 2. The van der Waals surface area contributed by atoms with Gasteiger partial charge >= 0.3 is 0 Å². The van der Waals surface area contributed by atoms with Gasteiger partial charge in [-0.15, -0.1) is 0 Å². The van der Waals surface area contributed by atoms with Crippen molar-refractivity contribution in [1.82, 2.24) is 14.9 Å². The number of nitrogens with zero attached hydrogens (tertiary/aromatic N) is 1. The molecule has 156 valence electrons. The summed E-state index contributed by atoms with van der Waals surface area (Å²) in [7, 11) is -3.84. The molecule has 1 fully saturated rings. The number of hydrogen-bond acceptors (Lipinski definition) is 4. The van der Waals surface area contributed by atoms with Gasteiger partial charge in [-0.2, -0.15) is 0 Å². The number of amides is 2. The van der Waals surface area contributed by atoms with E-state index in [1.54, 1.807) is 18.7 Å². The molecule has 1 heterocycles. The first kappa shape index (κ1) is 22.3. The fourth-order valence-corrected chi connectivity index (χ4v) is 4.36. The molecule has 0 saturated carbocycles. The first-order valence-electron chi connectivity index (χ1n) is 9.58. The smallest absolute Gasteiger partial charge is 0.254 e. The number of nitrogens with one attached hydrogen (secondary N) is 2. The standard InChI is InChI=1S/C19H28FN3O4S/c1-14(2)22-28(26,27)15-7-8-17(20)16(13-15)19(25)21-10-9-18(24)23-11-5-3-4-6-12-23/h7-8,13-14,22H,3-6,9-12H2,1-2H3,(H,21,25). The molecule has 2 rings (SSSR count). The van der Waals surface area contributed by atoms with Gasteiger partial charge in [0, 0.05) is 32.1 Å². The van der Waals surface area contributed by atoms with E-state index < -0.39 is 21.7 Å². The van der Waals surface area contributed by atoms with Crippen LogP contribution in [0.2, 0.25) is 0 Å². The van der Waals surface area contributed by atoms with E-state index in [2.05, 4.69) is 10.0 Å². The highest BCUT2D eigenvalue weighted by Gasteiger charge is 2.21. The molecule has 1 aromatic rings. The van der Waals surface area contributed by atoms with Crippen LogP contribution in [-0.2, 0) is 14.8 Å². The van der Waals surface area contributed by atoms with Crippen LogP contribution in [0.3, 0.4) is 0 Å². The number of benzene rings is 1. The molecule has 0 aromatic heterocycles. The Kier molecular flexibility index (Phi) is 7.94. The highest BCUT2D eigenvalue weighted by atomic mass is 32.2. The molecular weight excluding hydrogens is 385 g/mol. The van der Waals surface area contributed by atoms with E-state index in [0.717, 1.165) is 57.0 Å². The third-order valence-corrected chi connectivity index (χ3v) is 6.12. The third-order valence-electron chi connectivity index (χ3n) is 4.47. The van der Waals surface area contributed by atoms with E-state index in [-0.39, 0.29) is 35.4 Å². The minimum atomic E-state index is -3.84. The highest BCUT2D eigenvalue weighted by Crippen LogP contribution is 2.16. The van der Waals surface area contributed by atoms with Crippen molar-refractivity contribution in [2.24, 2.45) is 0 Å². The maximum absolute atomic E-state index is 14.0. The summed E-state index contributed by atoms with van der Waals surface area (Å²) in [4.78, 5) is 26.1. The Bertz CT molecular complexity index is 803. The second-order valence-corrected chi connectivity index (χ2v) is 8.93. The topological polar surface area (TPSA) is 95.6 Å². The summed E-state index contributed by atoms with van der Waals surface area (Å²) in [5.74, 6) is -1.61. The lowest BCUT2D eigenvalue weighted by Crippen LogP contribution is -2.35. The molecule has 1 saturated heterocycles. The van der Waals surface area contributed by atoms with Crippen LogP contribution in [0.5, 0.6) is 0 Å². The fraction of sp³-hybridized carbons (Fsp3) is 0.579. The van der Waals surface area contributed by atoms with Crippen LogP contribution in [0.15, 0.2) is 23.1 Å². The molecule has 2 amide bonds. The number of sulfonamides is 1. The van der Waals surface area contributed by atoms with Gasteiger partial charge in [-0.3, -0.25) is 9.59 Å². The summed E-state index contributed by atoms with van der Waals surface area (Å²) in [5, 5.41) is 2.50. The Morgan fingerprint density at radius 2 is 1.79 bits per heavy atom. The molecule has 0 radical (unpaired) electrons. The van der Waals surface area contributed by atoms with Gasteiger partial charge in [0.2, 0.25) is 15.9 Å². The number of rotatable bonds is 7. The molecule has 0 spiro atoms. The minimum absolute atomic E-state index is 0.0415. The number of halogens is 1. The van der Waals surface area contributed by atoms with Gasteiger partial charge in [0.25, 0.3) is 5.91 Å². The predicted octanol–water partition coefficient (Wildman–Crippen LogP) is 2.03. The van der Waals surface area contributed by atoms with E-state index in [9.17, 15) is 22.4 Å². The van der Waals surface area contributed by atoms with Gasteiger partial charge in [0.05, 0.1) is 10.5 Å². The highest BCUT2D eigenvalue weighted by molar-refractivity contribution is 7.89. The zero-order valence-corrected chi connectivity index (χ0v) is 17.1. The fourth-order valence-electron chi connectivity index (χ4n) is 3.08. The molecule has 7 nitrogen and oxygen atoms in total. The van der Waals surface area contributed by atoms with Crippen LogP contribution >= 0.6 is 0 Å². The van der Waals surface area contributed by atoms with E-state index in [1.165, 1.54) is 0 Å². The quantitative estimate of drug-likeness (QED) is 0.715. The molecule has 2 N–H and O–H groups in total. The van der Waals surface area contributed by atoms with Crippen molar-refractivity contribution in [2.75, 3.05) is 19.6 Å². The summed E-state index contributed by atoms with van der Waals surface area (Å²) in [6.07, 6.45) is 4.32. The molecular formula is C19H28FN3O4S. The minimum Gasteiger partial charge on any atom is -0.351 e. The van der Waals surface area contributed by atoms with Gasteiger partial charge in [-0.05, 0) is 44.9 Å². The summed E-state index contributed by atoms with van der Waals surface area (Å²) < 4.78 is 40.9. The first-order valence-corrected chi connectivity index (χ1v) is 11.1. The molecule has 1 aromatic carbocycles. The van der Waals surface area contributed by atoms with Crippen molar-refractivity contribution in [2.45, 2.75) is 56.9 Å². The van der Waals surface area contributed by atoms with Gasteiger partial charge < -0.3 is 10.2 Å². The van der Waals surface area contributed by atoms with Gasteiger partial charge in [-0.1, -0.05) is 12.8 Å². The van der Waals surface area contributed by atoms with Crippen molar-refractivity contribution in [1.29, 1.82) is 0 Å². The van der Waals surface area contributed by atoms with Crippen LogP contribution in [0.4, 0.5) is 4.39 Å². The predicted molar refractivity (Wildman–Crippen MR) is 104 cm³/mol. The summed E-state index contributed by atoms with van der Waals surface area (Å²) >= 11 is 0. The average Bonchev–Trinajstić information content (AvgIpc) is 2.90. The molecule has 0 bridgehead atoms. The lowest BCUT2D eigenvalue weighted by Gasteiger charge is -2.20. The van der Waals surface area contributed by atoms with Crippen molar-refractivity contribution >= 4 is 21.8 Å². The summed E-state index contributed by atoms with van der Waals surface area (Å²) in [5.41, 5.74) is -0.367.